The second-order valence-electron chi connectivity index (χ2n) is 7.43. The number of benzene rings is 1. The molecule has 0 atom stereocenters. The van der Waals surface area contributed by atoms with Gasteiger partial charge in [0.05, 0.1) is 25.5 Å². The van der Waals surface area contributed by atoms with Crippen LogP contribution < -0.4 is 14.8 Å². The van der Waals surface area contributed by atoms with Crippen molar-refractivity contribution in [3.63, 3.8) is 0 Å². The molecule has 0 fully saturated rings. The Balaban J connectivity index is 1.66. The van der Waals surface area contributed by atoms with Crippen molar-refractivity contribution in [2.75, 3.05) is 40.2 Å². The third-order valence-corrected chi connectivity index (χ3v) is 6.18. The zero-order valence-corrected chi connectivity index (χ0v) is 19.0. The van der Waals surface area contributed by atoms with Crippen LogP contribution in [0.4, 0.5) is 5.69 Å². The lowest BCUT2D eigenvalue weighted by atomic mass is 10.1. The molecule has 166 valence electrons. The number of hydrogen-bond donors (Lipinski definition) is 1. The van der Waals surface area contributed by atoms with Crippen molar-refractivity contribution in [2.45, 2.75) is 25.8 Å². The van der Waals surface area contributed by atoms with E-state index in [4.69, 9.17) is 9.47 Å². The standard InChI is InChI=1S/C22H27N3O5S/c1-24(2)22(28)15-11-17(29-3)18(30-4)12-16(15)23-20(26)5-6-21(27)25-9-7-19-14(13-25)8-10-31-19/h8,10-12H,5-7,9,13H2,1-4H3,(H,23,26). The molecule has 3 amide bonds. The fourth-order valence-electron chi connectivity index (χ4n) is 3.45. The Morgan fingerprint density at radius 1 is 1.13 bits per heavy atom. The molecular formula is C22H27N3O5S. The first kappa shape index (κ1) is 22.6. The van der Waals surface area contributed by atoms with Crippen LogP contribution in [0.15, 0.2) is 23.6 Å². The molecule has 0 bridgehead atoms. The van der Waals surface area contributed by atoms with Crippen LogP contribution >= 0.6 is 11.3 Å². The Kier molecular flexibility index (Phi) is 7.17. The maximum atomic E-state index is 12.6. The van der Waals surface area contributed by atoms with E-state index >= 15 is 0 Å². The average molecular weight is 446 g/mol. The summed E-state index contributed by atoms with van der Waals surface area (Å²) in [6, 6.07) is 5.14. The van der Waals surface area contributed by atoms with E-state index in [-0.39, 0.29) is 36.1 Å². The Morgan fingerprint density at radius 2 is 1.84 bits per heavy atom. The van der Waals surface area contributed by atoms with Crippen LogP contribution in [0.1, 0.15) is 33.6 Å². The lowest BCUT2D eigenvalue weighted by Crippen LogP contribution is -2.35. The summed E-state index contributed by atoms with van der Waals surface area (Å²) in [5.41, 5.74) is 1.78. The second-order valence-corrected chi connectivity index (χ2v) is 8.44. The van der Waals surface area contributed by atoms with E-state index in [2.05, 4.69) is 5.32 Å². The Labute approximate surface area is 185 Å². The summed E-state index contributed by atoms with van der Waals surface area (Å²) in [7, 11) is 6.21. The molecule has 0 aliphatic carbocycles. The van der Waals surface area contributed by atoms with Crippen LogP contribution in [0, 0.1) is 0 Å². The number of nitrogens with one attached hydrogen (secondary N) is 1. The number of rotatable bonds is 7. The molecule has 3 rings (SSSR count). The molecule has 31 heavy (non-hydrogen) atoms. The van der Waals surface area contributed by atoms with Gasteiger partial charge < -0.3 is 24.6 Å². The number of thiophene rings is 1. The molecule has 2 aromatic rings. The fourth-order valence-corrected chi connectivity index (χ4v) is 4.34. The Morgan fingerprint density at radius 3 is 2.52 bits per heavy atom. The van der Waals surface area contributed by atoms with E-state index in [1.165, 1.54) is 35.6 Å². The van der Waals surface area contributed by atoms with Crippen molar-refractivity contribution in [3.8, 4) is 11.5 Å². The molecular weight excluding hydrogens is 418 g/mol. The van der Waals surface area contributed by atoms with Gasteiger partial charge in [-0.15, -0.1) is 11.3 Å². The molecule has 0 spiro atoms. The number of anilines is 1. The highest BCUT2D eigenvalue weighted by Gasteiger charge is 2.23. The third kappa shape index (κ3) is 5.16. The molecule has 0 saturated heterocycles. The SMILES string of the molecule is COc1cc(NC(=O)CCC(=O)N2CCc3sccc3C2)c(C(=O)N(C)C)cc1OC. The summed E-state index contributed by atoms with van der Waals surface area (Å²) in [5, 5.41) is 4.79. The zero-order chi connectivity index (χ0) is 22.5. The molecule has 1 N–H and O–H groups in total. The summed E-state index contributed by atoms with van der Waals surface area (Å²) < 4.78 is 10.6. The van der Waals surface area contributed by atoms with Crippen LogP contribution in [-0.4, -0.2) is 62.4 Å². The second kappa shape index (κ2) is 9.82. The molecule has 0 radical (unpaired) electrons. The van der Waals surface area contributed by atoms with Gasteiger partial charge in [0.1, 0.15) is 0 Å². The first-order chi connectivity index (χ1) is 14.8. The van der Waals surface area contributed by atoms with Gasteiger partial charge >= 0.3 is 0 Å². The highest BCUT2D eigenvalue weighted by Crippen LogP contribution is 2.34. The summed E-state index contributed by atoms with van der Waals surface area (Å²) >= 11 is 1.72. The number of amides is 3. The van der Waals surface area contributed by atoms with Crippen LogP contribution in [0.3, 0.4) is 0 Å². The first-order valence-corrected chi connectivity index (χ1v) is 10.8. The molecule has 1 aliphatic rings. The highest BCUT2D eigenvalue weighted by atomic mass is 32.1. The number of nitrogens with zero attached hydrogens (tertiary/aromatic N) is 2. The van der Waals surface area contributed by atoms with Crippen molar-refractivity contribution < 1.29 is 23.9 Å². The van der Waals surface area contributed by atoms with Crippen LogP contribution in [0.25, 0.3) is 0 Å². The van der Waals surface area contributed by atoms with E-state index < -0.39 is 0 Å². The summed E-state index contributed by atoms with van der Waals surface area (Å²) in [6.45, 7) is 1.27. The van der Waals surface area contributed by atoms with E-state index in [9.17, 15) is 14.4 Å². The molecule has 1 aromatic carbocycles. The predicted molar refractivity (Wildman–Crippen MR) is 119 cm³/mol. The number of carbonyl (C=O) groups excluding carboxylic acids is 3. The van der Waals surface area contributed by atoms with Gasteiger partial charge in [0.2, 0.25) is 11.8 Å². The number of hydrogen-bond acceptors (Lipinski definition) is 6. The molecule has 1 aromatic heterocycles. The summed E-state index contributed by atoms with van der Waals surface area (Å²) in [5.74, 6) is 0.0977. The predicted octanol–water partition coefficient (Wildman–Crippen LogP) is 2.77. The van der Waals surface area contributed by atoms with Gasteiger partial charge in [0.25, 0.3) is 5.91 Å². The summed E-state index contributed by atoms with van der Waals surface area (Å²) in [6.07, 6.45) is 0.984. The molecule has 9 heteroatoms. The van der Waals surface area contributed by atoms with Gasteiger partial charge in [0, 0.05) is 51.0 Å². The van der Waals surface area contributed by atoms with Crippen molar-refractivity contribution >= 4 is 34.7 Å². The first-order valence-electron chi connectivity index (χ1n) is 9.94. The van der Waals surface area contributed by atoms with Crippen molar-refractivity contribution in [3.05, 3.63) is 39.6 Å². The van der Waals surface area contributed by atoms with Crippen molar-refractivity contribution in [1.82, 2.24) is 9.80 Å². The van der Waals surface area contributed by atoms with Gasteiger partial charge in [-0.3, -0.25) is 14.4 Å². The quantitative estimate of drug-likeness (QED) is 0.708. The third-order valence-electron chi connectivity index (χ3n) is 5.16. The van der Waals surface area contributed by atoms with Crippen molar-refractivity contribution in [1.29, 1.82) is 0 Å². The lowest BCUT2D eigenvalue weighted by molar-refractivity contribution is -0.133. The maximum Gasteiger partial charge on any atom is 0.255 e. The van der Waals surface area contributed by atoms with Gasteiger partial charge in [-0.25, -0.2) is 0 Å². The van der Waals surface area contributed by atoms with Gasteiger partial charge in [0.15, 0.2) is 11.5 Å². The molecule has 0 saturated carbocycles. The molecule has 1 aliphatic heterocycles. The van der Waals surface area contributed by atoms with Crippen LogP contribution in [0.5, 0.6) is 11.5 Å². The Hall–Kier alpha value is -3.07. The monoisotopic (exact) mass is 445 g/mol. The van der Waals surface area contributed by atoms with Gasteiger partial charge in [-0.1, -0.05) is 0 Å². The smallest absolute Gasteiger partial charge is 0.255 e. The average Bonchev–Trinajstić information content (AvgIpc) is 3.24. The molecule has 2 heterocycles. The van der Waals surface area contributed by atoms with Gasteiger partial charge in [-0.05, 0) is 29.5 Å². The number of fused-ring (bicyclic) bond motifs is 1. The van der Waals surface area contributed by atoms with Gasteiger partial charge in [-0.2, -0.15) is 0 Å². The normalized spacial score (nSPS) is 12.7. The fraction of sp³-hybridized carbons (Fsp3) is 0.409. The number of methoxy groups -OCH3 is 2. The van der Waals surface area contributed by atoms with Crippen LogP contribution in [0.2, 0.25) is 0 Å². The zero-order valence-electron chi connectivity index (χ0n) is 18.2. The minimum Gasteiger partial charge on any atom is -0.493 e. The molecule has 8 nitrogen and oxygen atoms in total. The Bertz CT molecular complexity index is 986. The topological polar surface area (TPSA) is 88.2 Å². The van der Waals surface area contributed by atoms with Crippen LogP contribution in [-0.2, 0) is 22.6 Å². The minimum atomic E-state index is -0.346. The minimum absolute atomic E-state index is 0.0236. The van der Waals surface area contributed by atoms with E-state index in [0.29, 0.717) is 30.3 Å². The highest BCUT2D eigenvalue weighted by molar-refractivity contribution is 7.10. The van der Waals surface area contributed by atoms with Crippen molar-refractivity contribution in [2.24, 2.45) is 0 Å². The van der Waals surface area contributed by atoms with E-state index in [0.717, 1.165) is 6.42 Å². The molecule has 0 unspecified atom stereocenters. The largest absolute Gasteiger partial charge is 0.493 e. The van der Waals surface area contributed by atoms with E-state index in [1.807, 2.05) is 11.4 Å². The summed E-state index contributed by atoms with van der Waals surface area (Å²) in [4.78, 5) is 42.3. The van der Waals surface area contributed by atoms with E-state index in [1.54, 1.807) is 36.4 Å². The number of carbonyl (C=O) groups is 3. The lowest BCUT2D eigenvalue weighted by Gasteiger charge is -2.27. The maximum absolute atomic E-state index is 12.6. The number of ether oxygens (including phenoxy) is 2.